The standard InChI is InChI=1S/C6H12ClNO/c1-3-8(2)6(9)4-5-7/h3-5H2,1-2H3. The number of nitrogens with zero attached hydrogens (tertiary/aromatic N) is 1. The van der Waals surface area contributed by atoms with E-state index in [1.807, 2.05) is 6.92 Å². The molecule has 0 saturated carbocycles. The maximum Gasteiger partial charge on any atom is 0.223 e. The number of carbonyl (C=O) groups is 1. The van der Waals surface area contributed by atoms with Crippen LogP contribution < -0.4 is 0 Å². The zero-order chi connectivity index (χ0) is 7.28. The lowest BCUT2D eigenvalue weighted by Crippen LogP contribution is -2.26. The van der Waals surface area contributed by atoms with E-state index in [-0.39, 0.29) is 5.91 Å². The molecule has 0 N–H and O–H groups in total. The van der Waals surface area contributed by atoms with E-state index in [0.29, 0.717) is 12.3 Å². The van der Waals surface area contributed by atoms with Gasteiger partial charge >= 0.3 is 0 Å². The Balaban J connectivity index is 3.46. The monoisotopic (exact) mass is 149 g/mol. The summed E-state index contributed by atoms with van der Waals surface area (Å²) in [6.07, 6.45) is 0.450. The first-order valence-electron chi connectivity index (χ1n) is 3.02. The van der Waals surface area contributed by atoms with Gasteiger partial charge in [-0.2, -0.15) is 0 Å². The molecule has 0 aromatic heterocycles. The Morgan fingerprint density at radius 2 is 2.22 bits per heavy atom. The molecule has 0 aromatic carbocycles. The van der Waals surface area contributed by atoms with Crippen LogP contribution in [0.3, 0.4) is 0 Å². The molecule has 3 heteroatoms. The molecule has 9 heavy (non-hydrogen) atoms. The minimum absolute atomic E-state index is 0.118. The van der Waals surface area contributed by atoms with E-state index in [1.165, 1.54) is 0 Å². The Morgan fingerprint density at radius 1 is 1.67 bits per heavy atom. The molecule has 0 heterocycles. The molecule has 0 bridgehead atoms. The summed E-state index contributed by atoms with van der Waals surface area (Å²) in [5.41, 5.74) is 0. The van der Waals surface area contributed by atoms with Crippen molar-refractivity contribution in [2.45, 2.75) is 13.3 Å². The van der Waals surface area contributed by atoms with E-state index in [0.717, 1.165) is 6.54 Å². The number of hydrogen-bond donors (Lipinski definition) is 0. The Kier molecular flexibility index (Phi) is 4.50. The fourth-order valence-corrected chi connectivity index (χ4v) is 0.610. The van der Waals surface area contributed by atoms with Gasteiger partial charge in [-0.05, 0) is 6.92 Å². The number of hydrogen-bond acceptors (Lipinski definition) is 1. The van der Waals surface area contributed by atoms with E-state index < -0.39 is 0 Å². The summed E-state index contributed by atoms with van der Waals surface area (Å²) < 4.78 is 0. The largest absolute Gasteiger partial charge is 0.346 e. The summed E-state index contributed by atoms with van der Waals surface area (Å²) in [7, 11) is 1.77. The van der Waals surface area contributed by atoms with Crippen molar-refractivity contribution >= 4 is 17.5 Å². The second kappa shape index (κ2) is 4.62. The fraction of sp³-hybridized carbons (Fsp3) is 0.833. The maximum absolute atomic E-state index is 10.8. The molecule has 0 saturated heterocycles. The zero-order valence-electron chi connectivity index (χ0n) is 5.85. The molecule has 0 aliphatic rings. The fourth-order valence-electron chi connectivity index (χ4n) is 0.448. The van der Waals surface area contributed by atoms with Crippen LogP contribution in [0.2, 0.25) is 0 Å². The molecular weight excluding hydrogens is 138 g/mol. The minimum atomic E-state index is 0.118. The molecule has 0 atom stereocenters. The van der Waals surface area contributed by atoms with Crippen LogP contribution in [-0.2, 0) is 4.79 Å². The third-order valence-corrected chi connectivity index (χ3v) is 1.40. The molecule has 0 rings (SSSR count). The van der Waals surface area contributed by atoms with Crippen molar-refractivity contribution in [3.05, 3.63) is 0 Å². The zero-order valence-corrected chi connectivity index (χ0v) is 6.61. The van der Waals surface area contributed by atoms with Crippen molar-refractivity contribution < 1.29 is 4.79 Å². The van der Waals surface area contributed by atoms with Gasteiger partial charge in [-0.15, -0.1) is 11.6 Å². The smallest absolute Gasteiger partial charge is 0.223 e. The summed E-state index contributed by atoms with van der Waals surface area (Å²) in [4.78, 5) is 12.5. The van der Waals surface area contributed by atoms with Crippen molar-refractivity contribution in [3.63, 3.8) is 0 Å². The van der Waals surface area contributed by atoms with E-state index in [2.05, 4.69) is 0 Å². The lowest BCUT2D eigenvalue weighted by atomic mass is 10.4. The first kappa shape index (κ1) is 8.76. The van der Waals surface area contributed by atoms with Crippen molar-refractivity contribution in [1.82, 2.24) is 4.90 Å². The molecular formula is C6H12ClNO. The van der Waals surface area contributed by atoms with Gasteiger partial charge in [-0.1, -0.05) is 0 Å². The molecule has 54 valence electrons. The van der Waals surface area contributed by atoms with Gasteiger partial charge in [0.15, 0.2) is 0 Å². The third-order valence-electron chi connectivity index (χ3n) is 1.21. The van der Waals surface area contributed by atoms with E-state index in [1.54, 1.807) is 11.9 Å². The second-order valence-corrected chi connectivity index (χ2v) is 2.22. The molecule has 0 spiro atoms. The van der Waals surface area contributed by atoms with E-state index in [4.69, 9.17) is 11.6 Å². The van der Waals surface area contributed by atoms with Crippen LogP contribution in [0.5, 0.6) is 0 Å². The van der Waals surface area contributed by atoms with E-state index >= 15 is 0 Å². The van der Waals surface area contributed by atoms with Crippen LogP contribution in [0.4, 0.5) is 0 Å². The van der Waals surface area contributed by atoms with Gasteiger partial charge in [0.25, 0.3) is 0 Å². The highest BCUT2D eigenvalue weighted by atomic mass is 35.5. The molecule has 2 nitrogen and oxygen atoms in total. The van der Waals surface area contributed by atoms with Crippen LogP contribution in [-0.4, -0.2) is 30.3 Å². The van der Waals surface area contributed by atoms with Gasteiger partial charge < -0.3 is 4.90 Å². The molecule has 0 aliphatic heterocycles. The molecule has 0 unspecified atom stereocenters. The summed E-state index contributed by atoms with van der Waals surface area (Å²) in [5.74, 6) is 0.538. The van der Waals surface area contributed by atoms with Gasteiger partial charge in [-0.25, -0.2) is 0 Å². The van der Waals surface area contributed by atoms with Crippen LogP contribution in [0, 0.1) is 0 Å². The highest BCUT2D eigenvalue weighted by molar-refractivity contribution is 6.18. The van der Waals surface area contributed by atoms with Crippen molar-refractivity contribution in [1.29, 1.82) is 0 Å². The maximum atomic E-state index is 10.8. The second-order valence-electron chi connectivity index (χ2n) is 1.85. The number of amides is 1. The van der Waals surface area contributed by atoms with Crippen molar-refractivity contribution in [3.8, 4) is 0 Å². The van der Waals surface area contributed by atoms with Crippen molar-refractivity contribution in [2.75, 3.05) is 19.5 Å². The Bertz CT molecular complexity index is 95.1. The lowest BCUT2D eigenvalue weighted by molar-refractivity contribution is -0.129. The first-order chi connectivity index (χ1) is 4.22. The number of rotatable bonds is 3. The first-order valence-corrected chi connectivity index (χ1v) is 3.55. The van der Waals surface area contributed by atoms with Crippen molar-refractivity contribution in [2.24, 2.45) is 0 Å². The SMILES string of the molecule is CCN(C)C(=O)CCCl. The predicted octanol–water partition coefficient (Wildman–Crippen LogP) is 1.09. The molecule has 0 aliphatic carbocycles. The summed E-state index contributed by atoms with van der Waals surface area (Å²) >= 11 is 5.35. The highest BCUT2D eigenvalue weighted by Gasteiger charge is 2.03. The average molecular weight is 150 g/mol. The molecule has 0 radical (unpaired) electrons. The van der Waals surface area contributed by atoms with Gasteiger partial charge in [0, 0.05) is 25.9 Å². The minimum Gasteiger partial charge on any atom is -0.346 e. The normalized spacial score (nSPS) is 9.22. The van der Waals surface area contributed by atoms with Gasteiger partial charge in [0.05, 0.1) is 0 Å². The van der Waals surface area contributed by atoms with E-state index in [9.17, 15) is 4.79 Å². The molecule has 1 amide bonds. The van der Waals surface area contributed by atoms with Crippen LogP contribution in [0.1, 0.15) is 13.3 Å². The van der Waals surface area contributed by atoms with Gasteiger partial charge in [0.2, 0.25) is 5.91 Å². The Hall–Kier alpha value is -0.240. The summed E-state index contributed by atoms with van der Waals surface area (Å²) in [5, 5.41) is 0. The Morgan fingerprint density at radius 3 is 2.56 bits per heavy atom. The average Bonchev–Trinajstić information content (AvgIpc) is 1.87. The van der Waals surface area contributed by atoms with Crippen LogP contribution >= 0.6 is 11.6 Å². The van der Waals surface area contributed by atoms with Gasteiger partial charge in [-0.3, -0.25) is 4.79 Å². The predicted molar refractivity (Wildman–Crippen MR) is 38.6 cm³/mol. The number of carbonyl (C=O) groups excluding carboxylic acids is 1. The number of halogens is 1. The van der Waals surface area contributed by atoms with Gasteiger partial charge in [0.1, 0.15) is 0 Å². The summed E-state index contributed by atoms with van der Waals surface area (Å²) in [6.45, 7) is 2.70. The molecule has 0 fully saturated rings. The quantitative estimate of drug-likeness (QED) is 0.551. The Labute approximate surface area is 60.8 Å². The third kappa shape index (κ3) is 3.36. The van der Waals surface area contributed by atoms with Crippen LogP contribution in [0.25, 0.3) is 0 Å². The summed E-state index contributed by atoms with van der Waals surface area (Å²) in [6, 6.07) is 0. The lowest BCUT2D eigenvalue weighted by Gasteiger charge is -2.12. The number of alkyl halides is 1. The topological polar surface area (TPSA) is 20.3 Å². The van der Waals surface area contributed by atoms with Crippen LogP contribution in [0.15, 0.2) is 0 Å². The molecule has 0 aromatic rings. The highest BCUT2D eigenvalue weighted by Crippen LogP contribution is 1.91.